The van der Waals surface area contributed by atoms with Crippen LogP contribution < -0.4 is 5.32 Å². The van der Waals surface area contributed by atoms with E-state index in [-0.39, 0.29) is 5.91 Å². The maximum Gasteiger partial charge on any atom is 0.226 e. The Bertz CT molecular complexity index is 313. The van der Waals surface area contributed by atoms with Crippen molar-refractivity contribution in [1.82, 2.24) is 4.98 Å². The van der Waals surface area contributed by atoms with Crippen LogP contribution in [0, 0.1) is 6.92 Å². The highest BCUT2D eigenvalue weighted by Gasteiger charge is 2.03. The predicted molar refractivity (Wildman–Crippen MR) is 54.1 cm³/mol. The standard InChI is InChI=1S/C10H14N2O2/c1-8-9(4-3-6-11-8)12-10(13)5-7-14-2/h3-4,6H,5,7H2,1-2H3,(H,12,13). The SMILES string of the molecule is COCCC(=O)Nc1cccnc1C. The minimum atomic E-state index is -0.0528. The number of nitrogens with one attached hydrogen (secondary N) is 1. The number of nitrogens with zero attached hydrogens (tertiary/aromatic N) is 1. The van der Waals surface area contributed by atoms with Crippen molar-refractivity contribution >= 4 is 11.6 Å². The summed E-state index contributed by atoms with van der Waals surface area (Å²) in [5.74, 6) is -0.0528. The monoisotopic (exact) mass is 194 g/mol. The van der Waals surface area contributed by atoms with Gasteiger partial charge in [-0.05, 0) is 19.1 Å². The van der Waals surface area contributed by atoms with Crippen LogP contribution in [-0.4, -0.2) is 24.6 Å². The van der Waals surface area contributed by atoms with Gasteiger partial charge in [-0.1, -0.05) is 0 Å². The van der Waals surface area contributed by atoms with Gasteiger partial charge in [0.25, 0.3) is 0 Å². The molecule has 0 aromatic carbocycles. The van der Waals surface area contributed by atoms with E-state index in [9.17, 15) is 4.79 Å². The number of aryl methyl sites for hydroxylation is 1. The number of methoxy groups -OCH3 is 1. The molecule has 0 saturated carbocycles. The van der Waals surface area contributed by atoms with Gasteiger partial charge in [0.05, 0.1) is 24.4 Å². The summed E-state index contributed by atoms with van der Waals surface area (Å²) in [4.78, 5) is 15.4. The maximum atomic E-state index is 11.3. The summed E-state index contributed by atoms with van der Waals surface area (Å²) in [5.41, 5.74) is 1.58. The molecule has 0 aliphatic carbocycles. The molecule has 0 unspecified atom stereocenters. The number of aromatic nitrogens is 1. The van der Waals surface area contributed by atoms with Gasteiger partial charge >= 0.3 is 0 Å². The summed E-state index contributed by atoms with van der Waals surface area (Å²) in [6, 6.07) is 3.62. The Hall–Kier alpha value is -1.42. The lowest BCUT2D eigenvalue weighted by Gasteiger charge is -2.06. The number of hydrogen-bond donors (Lipinski definition) is 1. The summed E-state index contributed by atoms with van der Waals surface area (Å²) >= 11 is 0. The van der Waals surface area contributed by atoms with Crippen molar-refractivity contribution in [2.75, 3.05) is 19.0 Å². The third-order valence-corrected chi connectivity index (χ3v) is 1.81. The van der Waals surface area contributed by atoms with Gasteiger partial charge in [0.15, 0.2) is 0 Å². The number of hydrogen-bond acceptors (Lipinski definition) is 3. The number of amides is 1. The molecule has 1 aromatic heterocycles. The maximum absolute atomic E-state index is 11.3. The van der Waals surface area contributed by atoms with Crippen molar-refractivity contribution in [3.05, 3.63) is 24.0 Å². The first-order valence-corrected chi connectivity index (χ1v) is 4.44. The smallest absolute Gasteiger partial charge is 0.226 e. The fraction of sp³-hybridized carbons (Fsp3) is 0.400. The molecule has 14 heavy (non-hydrogen) atoms. The van der Waals surface area contributed by atoms with Crippen molar-refractivity contribution in [1.29, 1.82) is 0 Å². The molecule has 1 rings (SSSR count). The molecular formula is C10H14N2O2. The van der Waals surface area contributed by atoms with Crippen molar-refractivity contribution in [2.24, 2.45) is 0 Å². The van der Waals surface area contributed by atoms with Gasteiger partial charge in [0.2, 0.25) is 5.91 Å². The van der Waals surface area contributed by atoms with Gasteiger partial charge in [-0.15, -0.1) is 0 Å². The van der Waals surface area contributed by atoms with Crippen LogP contribution in [0.3, 0.4) is 0 Å². The molecule has 1 amide bonds. The van der Waals surface area contributed by atoms with Crippen LogP contribution in [0.4, 0.5) is 5.69 Å². The van der Waals surface area contributed by atoms with Gasteiger partial charge in [-0.25, -0.2) is 0 Å². The second kappa shape index (κ2) is 5.34. The Morgan fingerprint density at radius 1 is 1.64 bits per heavy atom. The molecule has 1 aromatic rings. The Labute approximate surface area is 83.3 Å². The number of carbonyl (C=O) groups excluding carboxylic acids is 1. The van der Waals surface area contributed by atoms with E-state index >= 15 is 0 Å². The minimum absolute atomic E-state index is 0.0528. The van der Waals surface area contributed by atoms with Crippen LogP contribution in [0.2, 0.25) is 0 Å². The average molecular weight is 194 g/mol. The number of pyridine rings is 1. The zero-order valence-corrected chi connectivity index (χ0v) is 8.41. The summed E-state index contributed by atoms with van der Waals surface area (Å²) in [5, 5.41) is 2.76. The highest BCUT2D eigenvalue weighted by atomic mass is 16.5. The van der Waals surface area contributed by atoms with Crippen molar-refractivity contribution in [2.45, 2.75) is 13.3 Å². The molecule has 1 N–H and O–H groups in total. The van der Waals surface area contributed by atoms with Crippen LogP contribution in [0.25, 0.3) is 0 Å². The second-order valence-electron chi connectivity index (χ2n) is 2.93. The Morgan fingerprint density at radius 3 is 3.07 bits per heavy atom. The van der Waals surface area contributed by atoms with Crippen LogP contribution in [0.5, 0.6) is 0 Å². The van der Waals surface area contributed by atoms with Crippen LogP contribution in [0.15, 0.2) is 18.3 Å². The van der Waals surface area contributed by atoms with Gasteiger partial charge < -0.3 is 10.1 Å². The molecule has 0 aliphatic heterocycles. The first-order valence-electron chi connectivity index (χ1n) is 4.44. The molecule has 0 bridgehead atoms. The van der Waals surface area contributed by atoms with E-state index < -0.39 is 0 Å². The van der Waals surface area contributed by atoms with Crippen molar-refractivity contribution in [3.8, 4) is 0 Å². The average Bonchev–Trinajstić information content (AvgIpc) is 2.18. The van der Waals surface area contributed by atoms with Crippen LogP contribution in [-0.2, 0) is 9.53 Å². The summed E-state index contributed by atoms with van der Waals surface area (Å²) < 4.78 is 4.80. The number of anilines is 1. The van der Waals surface area contributed by atoms with Crippen LogP contribution in [0.1, 0.15) is 12.1 Å². The molecule has 0 spiro atoms. The van der Waals surface area contributed by atoms with E-state index in [4.69, 9.17) is 4.74 Å². The van der Waals surface area contributed by atoms with Gasteiger partial charge in [-0.3, -0.25) is 9.78 Å². The van der Waals surface area contributed by atoms with E-state index in [1.54, 1.807) is 19.4 Å². The van der Waals surface area contributed by atoms with Gasteiger partial charge in [0.1, 0.15) is 0 Å². The topological polar surface area (TPSA) is 51.2 Å². The molecular weight excluding hydrogens is 180 g/mol. The highest BCUT2D eigenvalue weighted by molar-refractivity contribution is 5.91. The first-order chi connectivity index (χ1) is 6.74. The largest absolute Gasteiger partial charge is 0.384 e. The Balaban J connectivity index is 2.52. The first kappa shape index (κ1) is 10.7. The summed E-state index contributed by atoms with van der Waals surface area (Å²) in [6.07, 6.45) is 2.06. The van der Waals surface area contributed by atoms with E-state index in [1.807, 2.05) is 13.0 Å². The lowest BCUT2D eigenvalue weighted by atomic mass is 10.3. The Kier molecular flexibility index (Phi) is 4.07. The molecule has 0 fully saturated rings. The lowest BCUT2D eigenvalue weighted by Crippen LogP contribution is -2.14. The predicted octanol–water partition coefficient (Wildman–Crippen LogP) is 1.37. The van der Waals surface area contributed by atoms with Crippen LogP contribution >= 0.6 is 0 Å². The quantitative estimate of drug-likeness (QED) is 0.787. The fourth-order valence-electron chi connectivity index (χ4n) is 1.02. The molecule has 4 nitrogen and oxygen atoms in total. The second-order valence-corrected chi connectivity index (χ2v) is 2.93. The molecule has 0 aliphatic rings. The normalized spacial score (nSPS) is 9.86. The number of rotatable bonds is 4. The summed E-state index contributed by atoms with van der Waals surface area (Å²) in [6.45, 7) is 2.29. The summed E-state index contributed by atoms with van der Waals surface area (Å²) in [7, 11) is 1.57. The Morgan fingerprint density at radius 2 is 2.43 bits per heavy atom. The van der Waals surface area contributed by atoms with E-state index in [0.717, 1.165) is 11.4 Å². The van der Waals surface area contributed by atoms with Gasteiger partial charge in [-0.2, -0.15) is 0 Å². The third-order valence-electron chi connectivity index (χ3n) is 1.81. The molecule has 4 heteroatoms. The van der Waals surface area contributed by atoms with Gasteiger partial charge in [0, 0.05) is 13.3 Å². The molecule has 0 radical (unpaired) electrons. The van der Waals surface area contributed by atoms with E-state index in [2.05, 4.69) is 10.3 Å². The van der Waals surface area contributed by atoms with Crippen molar-refractivity contribution in [3.63, 3.8) is 0 Å². The molecule has 0 atom stereocenters. The number of ether oxygens (including phenoxy) is 1. The fourth-order valence-corrected chi connectivity index (χ4v) is 1.02. The van der Waals surface area contributed by atoms with E-state index in [0.29, 0.717) is 13.0 Å². The third kappa shape index (κ3) is 3.14. The molecule has 76 valence electrons. The number of carbonyl (C=O) groups is 1. The van der Waals surface area contributed by atoms with Crippen molar-refractivity contribution < 1.29 is 9.53 Å². The van der Waals surface area contributed by atoms with E-state index in [1.165, 1.54) is 0 Å². The zero-order chi connectivity index (χ0) is 10.4. The molecule has 0 saturated heterocycles. The minimum Gasteiger partial charge on any atom is -0.384 e. The zero-order valence-electron chi connectivity index (χ0n) is 8.41. The highest BCUT2D eigenvalue weighted by Crippen LogP contribution is 2.10. The molecule has 1 heterocycles. The lowest BCUT2D eigenvalue weighted by molar-refractivity contribution is -0.117.